The number of carbonyl (C=O) groups excluding carboxylic acids is 1. The van der Waals surface area contributed by atoms with Crippen LogP contribution in [0.4, 0.5) is 18.9 Å². The summed E-state index contributed by atoms with van der Waals surface area (Å²) in [6.45, 7) is 3.54. The Bertz CT molecular complexity index is 1110. The van der Waals surface area contributed by atoms with E-state index >= 15 is 0 Å². The summed E-state index contributed by atoms with van der Waals surface area (Å²) in [5, 5.41) is 7.58. The van der Waals surface area contributed by atoms with E-state index in [0.29, 0.717) is 27.4 Å². The summed E-state index contributed by atoms with van der Waals surface area (Å²) in [6, 6.07) is 12.6. The van der Waals surface area contributed by atoms with E-state index in [4.69, 9.17) is 0 Å². The van der Waals surface area contributed by atoms with Crippen molar-refractivity contribution in [2.75, 3.05) is 11.1 Å². The number of hydrogen-bond donors (Lipinski definition) is 1. The molecule has 0 saturated carbocycles. The lowest BCUT2D eigenvalue weighted by Crippen LogP contribution is -2.29. The highest BCUT2D eigenvalue weighted by Crippen LogP contribution is 2.32. The maximum absolute atomic E-state index is 12.9. The fraction of sp³-hybridized carbons (Fsp3) is 0.250. The molecule has 0 spiro atoms. The topological polar surface area (TPSA) is 64.0 Å². The molecule has 1 amide bonds. The van der Waals surface area contributed by atoms with E-state index < -0.39 is 17.8 Å². The second-order valence-corrected chi connectivity index (χ2v) is 7.61. The van der Waals surface area contributed by atoms with Gasteiger partial charge in [0.15, 0.2) is 5.69 Å². The molecular formula is C20H18F3N3O2S. The van der Waals surface area contributed by atoms with Crippen molar-refractivity contribution in [2.24, 2.45) is 0 Å². The van der Waals surface area contributed by atoms with Gasteiger partial charge in [-0.05, 0) is 32.0 Å². The molecule has 3 aromatic rings. The summed E-state index contributed by atoms with van der Waals surface area (Å²) >= 11 is 0.590. The Hall–Kier alpha value is -2.81. The van der Waals surface area contributed by atoms with Gasteiger partial charge in [-0.3, -0.25) is 9.59 Å². The first-order valence-electron chi connectivity index (χ1n) is 8.79. The third kappa shape index (κ3) is 4.79. The summed E-state index contributed by atoms with van der Waals surface area (Å²) in [5.74, 6) is -1.67. The highest BCUT2D eigenvalue weighted by molar-refractivity contribution is 7.99. The van der Waals surface area contributed by atoms with Gasteiger partial charge in [0.2, 0.25) is 0 Å². The zero-order valence-corrected chi connectivity index (χ0v) is 16.5. The summed E-state index contributed by atoms with van der Waals surface area (Å²) in [4.78, 5) is 25.8. The number of anilines is 1. The summed E-state index contributed by atoms with van der Waals surface area (Å²) in [7, 11) is 0. The van der Waals surface area contributed by atoms with Gasteiger partial charge >= 0.3 is 6.18 Å². The van der Waals surface area contributed by atoms with Crippen LogP contribution in [0.5, 0.6) is 0 Å². The van der Waals surface area contributed by atoms with Crippen molar-refractivity contribution in [2.45, 2.75) is 31.0 Å². The monoisotopic (exact) mass is 421 g/mol. The van der Waals surface area contributed by atoms with Crippen molar-refractivity contribution in [3.05, 3.63) is 64.6 Å². The predicted molar refractivity (Wildman–Crippen MR) is 108 cm³/mol. The van der Waals surface area contributed by atoms with Crippen LogP contribution < -0.4 is 10.9 Å². The van der Waals surface area contributed by atoms with E-state index in [9.17, 15) is 22.8 Å². The quantitative estimate of drug-likeness (QED) is 0.596. The standard InChI is InChI=1S/C20H18F3N3O2S/c1-12(2)26-19(28)14-8-4-3-7-13(14)17(25-26)18(27)24-15-9-5-6-10-16(15)29-11-20(21,22)23/h3-10,12H,11H2,1-2H3,(H,24,27). The number of carbonyl (C=O) groups is 1. The molecule has 2 aromatic carbocycles. The van der Waals surface area contributed by atoms with Crippen molar-refractivity contribution in [3.63, 3.8) is 0 Å². The minimum atomic E-state index is -4.33. The molecular weight excluding hydrogens is 403 g/mol. The number of rotatable bonds is 5. The summed E-state index contributed by atoms with van der Waals surface area (Å²) in [5.41, 5.74) is -0.0299. The minimum absolute atomic E-state index is 0.0320. The van der Waals surface area contributed by atoms with Crippen molar-refractivity contribution in [1.29, 1.82) is 0 Å². The number of alkyl halides is 3. The smallest absolute Gasteiger partial charge is 0.320 e. The van der Waals surface area contributed by atoms with Crippen molar-refractivity contribution in [1.82, 2.24) is 9.78 Å². The second-order valence-electron chi connectivity index (χ2n) is 6.59. The Morgan fingerprint density at radius 1 is 1.10 bits per heavy atom. The Morgan fingerprint density at radius 3 is 2.38 bits per heavy atom. The predicted octanol–water partition coefficient (Wildman–Crippen LogP) is 4.88. The minimum Gasteiger partial charge on any atom is -0.320 e. The average Bonchev–Trinajstić information content (AvgIpc) is 2.67. The van der Waals surface area contributed by atoms with Gasteiger partial charge in [-0.2, -0.15) is 18.3 Å². The number of aromatic nitrogens is 2. The molecule has 5 nitrogen and oxygen atoms in total. The third-order valence-electron chi connectivity index (χ3n) is 4.06. The zero-order valence-electron chi connectivity index (χ0n) is 15.7. The van der Waals surface area contributed by atoms with Gasteiger partial charge in [0.1, 0.15) is 0 Å². The number of nitrogens with one attached hydrogen (secondary N) is 1. The highest BCUT2D eigenvalue weighted by atomic mass is 32.2. The van der Waals surface area contributed by atoms with E-state index in [0.717, 1.165) is 0 Å². The van der Waals surface area contributed by atoms with Crippen molar-refractivity contribution < 1.29 is 18.0 Å². The normalized spacial score (nSPS) is 11.8. The number of benzene rings is 2. The Kier molecular flexibility index (Phi) is 5.97. The maximum Gasteiger partial charge on any atom is 0.398 e. The number of hydrogen-bond acceptors (Lipinski definition) is 4. The van der Waals surface area contributed by atoms with Gasteiger partial charge in [-0.1, -0.05) is 30.3 Å². The molecule has 0 unspecified atom stereocenters. The molecule has 1 heterocycles. The molecule has 0 fully saturated rings. The molecule has 0 radical (unpaired) electrons. The SMILES string of the molecule is CC(C)n1nc(C(=O)Nc2ccccc2SCC(F)(F)F)c2ccccc2c1=O. The number of para-hydroxylation sites is 1. The van der Waals surface area contributed by atoms with E-state index in [1.165, 1.54) is 16.8 Å². The van der Waals surface area contributed by atoms with Crippen LogP contribution in [0.2, 0.25) is 0 Å². The number of amides is 1. The van der Waals surface area contributed by atoms with Crippen LogP contribution in [0, 0.1) is 0 Å². The number of fused-ring (bicyclic) bond motifs is 1. The fourth-order valence-electron chi connectivity index (χ4n) is 2.76. The molecule has 29 heavy (non-hydrogen) atoms. The number of halogens is 3. The van der Waals surface area contributed by atoms with Crippen LogP contribution >= 0.6 is 11.8 Å². The van der Waals surface area contributed by atoms with Gasteiger partial charge in [-0.15, -0.1) is 11.8 Å². The lowest BCUT2D eigenvalue weighted by Gasteiger charge is -2.15. The van der Waals surface area contributed by atoms with Crippen LogP contribution in [0.1, 0.15) is 30.4 Å². The molecule has 0 aliphatic rings. The number of thioether (sulfide) groups is 1. The molecule has 1 aromatic heterocycles. The van der Waals surface area contributed by atoms with E-state index in [1.807, 2.05) is 0 Å². The first-order valence-corrected chi connectivity index (χ1v) is 9.77. The van der Waals surface area contributed by atoms with Crippen LogP contribution in [-0.2, 0) is 0 Å². The summed E-state index contributed by atoms with van der Waals surface area (Å²) < 4.78 is 39.0. The van der Waals surface area contributed by atoms with Gasteiger partial charge in [0, 0.05) is 10.3 Å². The van der Waals surface area contributed by atoms with Crippen LogP contribution in [0.25, 0.3) is 10.8 Å². The first-order chi connectivity index (χ1) is 13.7. The lowest BCUT2D eigenvalue weighted by atomic mass is 10.1. The molecule has 9 heteroatoms. The second kappa shape index (κ2) is 8.28. The van der Waals surface area contributed by atoms with Crippen LogP contribution in [0.15, 0.2) is 58.2 Å². The Labute approximate surface area is 168 Å². The van der Waals surface area contributed by atoms with Crippen molar-refractivity contribution >= 4 is 34.1 Å². The first kappa shape index (κ1) is 20.9. The van der Waals surface area contributed by atoms with Gasteiger partial charge in [0.25, 0.3) is 11.5 Å². The van der Waals surface area contributed by atoms with Gasteiger partial charge < -0.3 is 5.32 Å². The third-order valence-corrected chi connectivity index (χ3v) is 5.20. The molecule has 0 bridgehead atoms. The molecule has 0 aliphatic carbocycles. The maximum atomic E-state index is 12.9. The molecule has 1 N–H and O–H groups in total. The Balaban J connectivity index is 2.00. The molecule has 0 saturated heterocycles. The lowest BCUT2D eigenvalue weighted by molar-refractivity contribution is -0.105. The van der Waals surface area contributed by atoms with E-state index in [1.54, 1.807) is 50.2 Å². The van der Waals surface area contributed by atoms with Crippen LogP contribution in [-0.4, -0.2) is 27.6 Å². The zero-order chi connectivity index (χ0) is 21.2. The van der Waals surface area contributed by atoms with Gasteiger partial charge in [-0.25, -0.2) is 4.68 Å². The highest BCUT2D eigenvalue weighted by Gasteiger charge is 2.28. The molecule has 152 valence electrons. The molecule has 3 rings (SSSR count). The van der Waals surface area contributed by atoms with Crippen molar-refractivity contribution in [3.8, 4) is 0 Å². The molecule has 0 aliphatic heterocycles. The fourth-order valence-corrected chi connectivity index (χ4v) is 3.53. The number of nitrogens with zero attached hydrogens (tertiary/aromatic N) is 2. The van der Waals surface area contributed by atoms with Crippen LogP contribution in [0.3, 0.4) is 0 Å². The van der Waals surface area contributed by atoms with E-state index in [-0.39, 0.29) is 23.0 Å². The largest absolute Gasteiger partial charge is 0.398 e. The average molecular weight is 421 g/mol. The Morgan fingerprint density at radius 2 is 1.72 bits per heavy atom. The van der Waals surface area contributed by atoms with Gasteiger partial charge in [0.05, 0.1) is 22.9 Å². The molecule has 0 atom stereocenters. The summed E-state index contributed by atoms with van der Waals surface area (Å²) in [6.07, 6.45) is -4.33. The van der Waals surface area contributed by atoms with E-state index in [2.05, 4.69) is 10.4 Å².